The van der Waals surface area contributed by atoms with Crippen LogP contribution in [-0.4, -0.2) is 50.7 Å². The molecule has 0 aromatic rings. The molecule has 3 heteroatoms. The molecule has 0 unspecified atom stereocenters. The van der Waals surface area contributed by atoms with Gasteiger partial charge in [0, 0.05) is 0 Å². The first-order chi connectivity index (χ1) is 5.35. The largest absolute Gasteiger partial charge is 0.346 e. The molecule has 0 bridgehead atoms. The normalized spacial score (nSPS) is 38.2. The van der Waals surface area contributed by atoms with Gasteiger partial charge in [-0.3, -0.25) is 0 Å². The summed E-state index contributed by atoms with van der Waals surface area (Å²) < 4.78 is 11.8. The summed E-state index contributed by atoms with van der Waals surface area (Å²) in [6.07, 6.45) is -0.0374. The van der Waals surface area contributed by atoms with Crippen molar-refractivity contribution in [1.82, 2.24) is 0 Å². The highest BCUT2D eigenvalue weighted by molar-refractivity contribution is 4.77. The number of ether oxygens (including phenoxy) is 2. The Balaban J connectivity index is 2.62. The minimum atomic E-state index is -0.0374. The van der Waals surface area contributed by atoms with Crippen LogP contribution in [0.2, 0.25) is 0 Å². The standard InChI is InChI=1S/C9H20NO2/c1-8-11-6-9(2,7-12-8)10(3,4)5/h8H,6-7H2,1-5H3/q+1. The second kappa shape index (κ2) is 2.98. The Labute approximate surface area is 74.8 Å². The highest BCUT2D eigenvalue weighted by Crippen LogP contribution is 2.24. The Bertz CT molecular complexity index is 154. The van der Waals surface area contributed by atoms with E-state index < -0.39 is 0 Å². The minimum Gasteiger partial charge on any atom is -0.346 e. The summed E-state index contributed by atoms with van der Waals surface area (Å²) in [5.74, 6) is 0. The summed E-state index contributed by atoms with van der Waals surface area (Å²) in [4.78, 5) is 0. The maximum absolute atomic E-state index is 5.48. The molecule has 0 spiro atoms. The van der Waals surface area contributed by atoms with Gasteiger partial charge in [-0.25, -0.2) is 0 Å². The molecule has 1 rings (SSSR count). The number of quaternary nitrogens is 1. The van der Waals surface area contributed by atoms with Crippen LogP contribution < -0.4 is 0 Å². The lowest BCUT2D eigenvalue weighted by Gasteiger charge is -2.46. The van der Waals surface area contributed by atoms with E-state index in [1.807, 2.05) is 6.92 Å². The molecule has 1 heterocycles. The molecule has 12 heavy (non-hydrogen) atoms. The quantitative estimate of drug-likeness (QED) is 0.549. The van der Waals surface area contributed by atoms with Crippen molar-refractivity contribution in [3.63, 3.8) is 0 Å². The van der Waals surface area contributed by atoms with Gasteiger partial charge >= 0.3 is 0 Å². The zero-order chi connectivity index (χ0) is 9.41. The third-order valence-corrected chi connectivity index (χ3v) is 2.88. The van der Waals surface area contributed by atoms with Gasteiger partial charge in [0.1, 0.15) is 18.8 Å². The minimum absolute atomic E-state index is 0.0374. The van der Waals surface area contributed by atoms with E-state index in [1.165, 1.54) is 0 Å². The predicted molar refractivity (Wildman–Crippen MR) is 47.8 cm³/mol. The van der Waals surface area contributed by atoms with Gasteiger partial charge in [-0.2, -0.15) is 0 Å². The third-order valence-electron chi connectivity index (χ3n) is 2.88. The van der Waals surface area contributed by atoms with E-state index in [2.05, 4.69) is 28.1 Å². The van der Waals surface area contributed by atoms with Gasteiger partial charge in [-0.15, -0.1) is 0 Å². The van der Waals surface area contributed by atoms with Crippen molar-refractivity contribution in [2.24, 2.45) is 0 Å². The second-order valence-corrected chi connectivity index (χ2v) is 4.70. The Hall–Kier alpha value is -0.120. The van der Waals surface area contributed by atoms with E-state index in [0.717, 1.165) is 17.7 Å². The number of likely N-dealkylation sites (N-methyl/N-ethyl adjacent to an activating group) is 1. The molecule has 1 fully saturated rings. The van der Waals surface area contributed by atoms with Crippen molar-refractivity contribution in [2.45, 2.75) is 25.7 Å². The fourth-order valence-corrected chi connectivity index (χ4v) is 1.07. The molecular weight excluding hydrogens is 154 g/mol. The molecule has 1 aliphatic rings. The maximum Gasteiger partial charge on any atom is 0.155 e. The maximum atomic E-state index is 5.48. The summed E-state index contributed by atoms with van der Waals surface area (Å²) in [6, 6.07) is 0. The first-order valence-electron chi connectivity index (χ1n) is 4.40. The third kappa shape index (κ3) is 1.79. The summed E-state index contributed by atoms with van der Waals surface area (Å²) >= 11 is 0. The Morgan fingerprint density at radius 3 is 1.92 bits per heavy atom. The summed E-state index contributed by atoms with van der Waals surface area (Å²) in [7, 11) is 6.51. The van der Waals surface area contributed by atoms with Crippen molar-refractivity contribution in [3.05, 3.63) is 0 Å². The fourth-order valence-electron chi connectivity index (χ4n) is 1.07. The van der Waals surface area contributed by atoms with E-state index in [1.54, 1.807) is 0 Å². The van der Waals surface area contributed by atoms with E-state index in [9.17, 15) is 0 Å². The molecule has 0 aromatic carbocycles. The van der Waals surface area contributed by atoms with Gasteiger partial charge in [0.15, 0.2) is 6.29 Å². The molecule has 0 aliphatic carbocycles. The topological polar surface area (TPSA) is 18.5 Å². The van der Waals surface area contributed by atoms with Crippen LogP contribution in [0.15, 0.2) is 0 Å². The highest BCUT2D eigenvalue weighted by Gasteiger charge is 2.42. The first kappa shape index (κ1) is 9.96. The highest BCUT2D eigenvalue weighted by atomic mass is 16.7. The molecule has 0 aromatic heterocycles. The average molecular weight is 174 g/mol. The number of rotatable bonds is 1. The van der Waals surface area contributed by atoms with Gasteiger partial charge in [0.25, 0.3) is 0 Å². The number of hydrogen-bond acceptors (Lipinski definition) is 2. The average Bonchev–Trinajstić information content (AvgIpc) is 1.93. The number of hydrogen-bond donors (Lipinski definition) is 0. The molecule has 0 amide bonds. The molecule has 1 saturated heterocycles. The van der Waals surface area contributed by atoms with Gasteiger partial charge in [0.05, 0.1) is 21.1 Å². The second-order valence-electron chi connectivity index (χ2n) is 4.70. The van der Waals surface area contributed by atoms with E-state index in [0.29, 0.717) is 0 Å². The van der Waals surface area contributed by atoms with Gasteiger partial charge in [0.2, 0.25) is 0 Å². The molecule has 0 saturated carbocycles. The van der Waals surface area contributed by atoms with Gasteiger partial charge in [-0.05, 0) is 13.8 Å². The lowest BCUT2D eigenvalue weighted by molar-refractivity contribution is -0.925. The SMILES string of the molecule is CC1OCC(C)([N+](C)(C)C)CO1. The molecule has 0 radical (unpaired) electrons. The van der Waals surface area contributed by atoms with Crippen molar-refractivity contribution in [3.8, 4) is 0 Å². The van der Waals surface area contributed by atoms with Crippen molar-refractivity contribution in [1.29, 1.82) is 0 Å². The smallest absolute Gasteiger partial charge is 0.155 e. The van der Waals surface area contributed by atoms with Crippen molar-refractivity contribution in [2.75, 3.05) is 34.4 Å². The van der Waals surface area contributed by atoms with Crippen LogP contribution >= 0.6 is 0 Å². The molecule has 0 atom stereocenters. The molecular formula is C9H20NO2+. The lowest BCUT2D eigenvalue weighted by Crippen LogP contribution is -2.63. The van der Waals surface area contributed by atoms with E-state index in [-0.39, 0.29) is 11.8 Å². The Morgan fingerprint density at radius 2 is 1.58 bits per heavy atom. The first-order valence-corrected chi connectivity index (χ1v) is 4.40. The van der Waals surface area contributed by atoms with Crippen LogP contribution in [0.4, 0.5) is 0 Å². The molecule has 0 N–H and O–H groups in total. The van der Waals surface area contributed by atoms with Gasteiger partial charge < -0.3 is 14.0 Å². The van der Waals surface area contributed by atoms with Crippen LogP contribution in [-0.2, 0) is 9.47 Å². The van der Waals surface area contributed by atoms with Crippen LogP contribution in [0.25, 0.3) is 0 Å². The van der Waals surface area contributed by atoms with E-state index >= 15 is 0 Å². The Morgan fingerprint density at radius 1 is 1.17 bits per heavy atom. The van der Waals surface area contributed by atoms with Gasteiger partial charge in [-0.1, -0.05) is 0 Å². The number of nitrogens with zero attached hydrogens (tertiary/aromatic N) is 1. The molecule has 1 aliphatic heterocycles. The zero-order valence-corrected chi connectivity index (χ0v) is 8.76. The molecule has 3 nitrogen and oxygen atoms in total. The fraction of sp³-hybridized carbons (Fsp3) is 1.00. The Kier molecular flexibility index (Phi) is 2.47. The molecule has 72 valence electrons. The summed E-state index contributed by atoms with van der Waals surface area (Å²) in [5, 5.41) is 0. The van der Waals surface area contributed by atoms with Crippen molar-refractivity contribution >= 4 is 0 Å². The van der Waals surface area contributed by atoms with Crippen LogP contribution in [0.5, 0.6) is 0 Å². The van der Waals surface area contributed by atoms with Crippen LogP contribution in [0.3, 0.4) is 0 Å². The van der Waals surface area contributed by atoms with E-state index in [4.69, 9.17) is 9.47 Å². The monoisotopic (exact) mass is 174 g/mol. The van der Waals surface area contributed by atoms with Crippen molar-refractivity contribution < 1.29 is 14.0 Å². The summed E-state index contributed by atoms with van der Waals surface area (Å²) in [5.41, 5.74) is 0.0898. The lowest BCUT2D eigenvalue weighted by atomic mass is 10.0. The van der Waals surface area contributed by atoms with Crippen LogP contribution in [0, 0.1) is 0 Å². The summed E-state index contributed by atoms with van der Waals surface area (Å²) in [6.45, 7) is 5.68. The van der Waals surface area contributed by atoms with Crippen LogP contribution in [0.1, 0.15) is 13.8 Å². The predicted octanol–water partition coefficient (Wildman–Crippen LogP) is 0.844. The zero-order valence-electron chi connectivity index (χ0n) is 8.76.